The van der Waals surface area contributed by atoms with E-state index in [1.807, 2.05) is 12.1 Å². The van der Waals surface area contributed by atoms with Gasteiger partial charge in [0.05, 0.1) is 6.10 Å². The van der Waals surface area contributed by atoms with Crippen LogP contribution in [0, 0.1) is 0 Å². The van der Waals surface area contributed by atoms with Crippen molar-refractivity contribution >= 4 is 32.8 Å². The first kappa shape index (κ1) is 14.7. The molecule has 2 unspecified atom stereocenters. The number of hydrogen-bond donors (Lipinski definition) is 2. The fourth-order valence-electron chi connectivity index (χ4n) is 1.36. The van der Waals surface area contributed by atoms with Gasteiger partial charge in [0.1, 0.15) is 6.10 Å². The lowest BCUT2D eigenvalue weighted by atomic mass is 10.0. The summed E-state index contributed by atoms with van der Waals surface area (Å²) >= 11 is 4.46. The van der Waals surface area contributed by atoms with Crippen LogP contribution in [0.3, 0.4) is 0 Å². The molecule has 2 N–H and O–H groups in total. The van der Waals surface area contributed by atoms with Crippen LogP contribution in [-0.2, 0) is 4.79 Å². The van der Waals surface area contributed by atoms with Gasteiger partial charge in [-0.1, -0.05) is 39.8 Å². The summed E-state index contributed by atoms with van der Waals surface area (Å²) in [6.07, 6.45) is -1.36. The molecule has 3 nitrogen and oxygen atoms in total. The highest BCUT2D eigenvalue weighted by Crippen LogP contribution is 2.22. The summed E-state index contributed by atoms with van der Waals surface area (Å²) in [5.41, 5.74) is 0.675. The molecular weight excluding hydrogens is 304 g/mol. The highest BCUT2D eigenvalue weighted by atomic mass is 79.9. The van der Waals surface area contributed by atoms with Crippen molar-refractivity contribution in [2.24, 2.45) is 0 Å². The molecule has 1 aromatic rings. The fourth-order valence-corrected chi connectivity index (χ4v) is 2.27. The molecule has 0 spiro atoms. The SMILES string of the molecule is CC(=O)SCCC(O)C(O)c1ccc(Br)cc1. The van der Waals surface area contributed by atoms with Crippen LogP contribution in [-0.4, -0.2) is 27.2 Å². The van der Waals surface area contributed by atoms with Crippen molar-refractivity contribution in [1.29, 1.82) is 0 Å². The summed E-state index contributed by atoms with van der Waals surface area (Å²) in [4.78, 5) is 10.7. The molecule has 2 atom stereocenters. The average Bonchev–Trinajstić information content (AvgIpc) is 2.28. The maximum atomic E-state index is 10.7. The minimum absolute atomic E-state index is 0.0235. The van der Waals surface area contributed by atoms with Gasteiger partial charge < -0.3 is 10.2 Å². The van der Waals surface area contributed by atoms with Gasteiger partial charge in [-0.05, 0) is 24.1 Å². The Morgan fingerprint density at radius 2 is 1.94 bits per heavy atom. The van der Waals surface area contributed by atoms with Crippen LogP contribution in [0.2, 0.25) is 0 Å². The number of rotatable bonds is 5. The zero-order valence-electron chi connectivity index (χ0n) is 9.47. The quantitative estimate of drug-likeness (QED) is 0.875. The first-order valence-electron chi connectivity index (χ1n) is 5.25. The number of benzene rings is 1. The first-order chi connectivity index (χ1) is 8.00. The van der Waals surface area contributed by atoms with Crippen molar-refractivity contribution in [3.63, 3.8) is 0 Å². The number of aliphatic hydroxyl groups is 2. The van der Waals surface area contributed by atoms with Gasteiger partial charge in [-0.2, -0.15) is 0 Å². The molecule has 5 heteroatoms. The average molecular weight is 319 g/mol. The Bertz CT molecular complexity index is 367. The summed E-state index contributed by atoms with van der Waals surface area (Å²) in [7, 11) is 0. The van der Waals surface area contributed by atoms with Crippen LogP contribution in [0.4, 0.5) is 0 Å². The molecule has 0 heterocycles. The number of hydrogen-bond acceptors (Lipinski definition) is 4. The van der Waals surface area contributed by atoms with E-state index in [1.54, 1.807) is 12.1 Å². The third-order valence-corrected chi connectivity index (χ3v) is 3.67. The second kappa shape index (κ2) is 7.16. The van der Waals surface area contributed by atoms with E-state index in [1.165, 1.54) is 6.92 Å². The number of halogens is 1. The molecule has 1 rings (SSSR count). The van der Waals surface area contributed by atoms with Crippen molar-refractivity contribution in [2.45, 2.75) is 25.6 Å². The predicted octanol–water partition coefficient (Wildman–Crippen LogP) is 2.51. The van der Waals surface area contributed by atoms with Crippen molar-refractivity contribution in [3.05, 3.63) is 34.3 Å². The van der Waals surface area contributed by atoms with Gasteiger partial charge in [0.2, 0.25) is 0 Å². The highest BCUT2D eigenvalue weighted by Gasteiger charge is 2.18. The van der Waals surface area contributed by atoms with Crippen LogP contribution in [0.5, 0.6) is 0 Å². The minimum Gasteiger partial charge on any atom is -0.390 e. The molecule has 0 aliphatic heterocycles. The summed E-state index contributed by atoms with van der Waals surface area (Å²) in [6.45, 7) is 1.49. The Kier molecular flexibility index (Phi) is 6.19. The highest BCUT2D eigenvalue weighted by molar-refractivity contribution is 9.10. The maximum Gasteiger partial charge on any atom is 0.185 e. The Labute approximate surface area is 113 Å². The lowest BCUT2D eigenvalue weighted by Crippen LogP contribution is -2.19. The molecule has 0 bridgehead atoms. The van der Waals surface area contributed by atoms with E-state index in [0.717, 1.165) is 16.2 Å². The van der Waals surface area contributed by atoms with Crippen LogP contribution in [0.15, 0.2) is 28.7 Å². The molecule has 0 amide bonds. The number of carbonyl (C=O) groups is 1. The second-order valence-electron chi connectivity index (χ2n) is 3.69. The molecule has 0 fully saturated rings. The van der Waals surface area contributed by atoms with Crippen molar-refractivity contribution in [3.8, 4) is 0 Å². The molecular formula is C12H15BrO3S. The van der Waals surface area contributed by atoms with Gasteiger partial charge in [-0.25, -0.2) is 0 Å². The van der Waals surface area contributed by atoms with Crippen molar-refractivity contribution < 1.29 is 15.0 Å². The molecule has 0 radical (unpaired) electrons. The van der Waals surface area contributed by atoms with E-state index in [0.29, 0.717) is 17.7 Å². The predicted molar refractivity (Wildman–Crippen MR) is 72.9 cm³/mol. The molecule has 0 aliphatic carbocycles. The van der Waals surface area contributed by atoms with Gasteiger partial charge in [0, 0.05) is 17.1 Å². The van der Waals surface area contributed by atoms with E-state index in [9.17, 15) is 15.0 Å². The smallest absolute Gasteiger partial charge is 0.185 e. The van der Waals surface area contributed by atoms with Gasteiger partial charge in [0.25, 0.3) is 0 Å². The third kappa shape index (κ3) is 5.21. The molecule has 0 saturated carbocycles. The molecule has 94 valence electrons. The van der Waals surface area contributed by atoms with E-state index < -0.39 is 12.2 Å². The van der Waals surface area contributed by atoms with E-state index >= 15 is 0 Å². The summed E-state index contributed by atoms with van der Waals surface area (Å²) in [5, 5.41) is 19.7. The zero-order chi connectivity index (χ0) is 12.8. The van der Waals surface area contributed by atoms with Crippen molar-refractivity contribution in [2.75, 3.05) is 5.75 Å². The van der Waals surface area contributed by atoms with Crippen LogP contribution in [0.1, 0.15) is 25.0 Å². The Hall–Kier alpha value is -0.360. The fraction of sp³-hybridized carbons (Fsp3) is 0.417. The van der Waals surface area contributed by atoms with Gasteiger partial charge in [-0.15, -0.1) is 0 Å². The third-order valence-electron chi connectivity index (χ3n) is 2.29. The largest absolute Gasteiger partial charge is 0.390 e. The minimum atomic E-state index is -0.907. The second-order valence-corrected chi connectivity index (χ2v) is 5.88. The number of aliphatic hydroxyl groups excluding tert-OH is 2. The molecule has 17 heavy (non-hydrogen) atoms. The Balaban J connectivity index is 2.48. The zero-order valence-corrected chi connectivity index (χ0v) is 11.9. The van der Waals surface area contributed by atoms with Crippen LogP contribution < -0.4 is 0 Å². The standard InChI is InChI=1S/C12H15BrO3S/c1-8(14)17-7-6-11(15)12(16)9-2-4-10(13)5-3-9/h2-5,11-12,15-16H,6-7H2,1H3. The van der Waals surface area contributed by atoms with Gasteiger partial charge in [0.15, 0.2) is 5.12 Å². The summed E-state index contributed by atoms with van der Waals surface area (Å²) in [6, 6.07) is 7.15. The molecule has 1 aromatic carbocycles. The molecule has 0 saturated heterocycles. The first-order valence-corrected chi connectivity index (χ1v) is 7.03. The normalized spacial score (nSPS) is 14.4. The van der Waals surface area contributed by atoms with Crippen LogP contribution >= 0.6 is 27.7 Å². The van der Waals surface area contributed by atoms with Gasteiger partial charge in [-0.3, -0.25) is 4.79 Å². The van der Waals surface area contributed by atoms with E-state index in [4.69, 9.17) is 0 Å². The monoisotopic (exact) mass is 318 g/mol. The topological polar surface area (TPSA) is 57.5 Å². The van der Waals surface area contributed by atoms with Crippen molar-refractivity contribution in [1.82, 2.24) is 0 Å². The number of thioether (sulfide) groups is 1. The summed E-state index contributed by atoms with van der Waals surface area (Å²) < 4.78 is 0.926. The summed E-state index contributed by atoms with van der Waals surface area (Å²) in [5.74, 6) is 0.518. The number of carbonyl (C=O) groups excluding carboxylic acids is 1. The Morgan fingerprint density at radius 3 is 2.47 bits per heavy atom. The Morgan fingerprint density at radius 1 is 1.35 bits per heavy atom. The molecule has 0 aliphatic rings. The lowest BCUT2D eigenvalue weighted by molar-refractivity contribution is -0.109. The van der Waals surface area contributed by atoms with Crippen LogP contribution in [0.25, 0.3) is 0 Å². The van der Waals surface area contributed by atoms with Gasteiger partial charge >= 0.3 is 0 Å². The molecule has 0 aromatic heterocycles. The lowest BCUT2D eigenvalue weighted by Gasteiger charge is -2.17. The maximum absolute atomic E-state index is 10.7. The van der Waals surface area contributed by atoms with E-state index in [2.05, 4.69) is 15.9 Å². The van der Waals surface area contributed by atoms with E-state index in [-0.39, 0.29) is 5.12 Å².